The Bertz CT molecular complexity index is 328. The molecule has 0 aromatic rings. The van der Waals surface area contributed by atoms with Crippen LogP contribution in [-0.2, 0) is 14.3 Å². The molecule has 18 heavy (non-hydrogen) atoms. The molecule has 1 unspecified atom stereocenters. The molecule has 1 aliphatic heterocycles. The minimum Gasteiger partial charge on any atom is -0.481 e. The van der Waals surface area contributed by atoms with Gasteiger partial charge in [-0.05, 0) is 27.2 Å². The van der Waals surface area contributed by atoms with Crippen LogP contribution >= 0.6 is 0 Å². The number of aliphatic carboxylic acids is 1. The van der Waals surface area contributed by atoms with Gasteiger partial charge in [0, 0.05) is 13.7 Å². The van der Waals surface area contributed by atoms with Gasteiger partial charge in [-0.15, -0.1) is 0 Å². The topological polar surface area (TPSA) is 76.1 Å². The van der Waals surface area contributed by atoms with Gasteiger partial charge in [0.05, 0.1) is 18.6 Å². The second-order valence-corrected chi connectivity index (χ2v) is 5.64. The van der Waals surface area contributed by atoms with Gasteiger partial charge in [-0.2, -0.15) is 0 Å². The summed E-state index contributed by atoms with van der Waals surface area (Å²) in [6.45, 7) is 6.00. The summed E-state index contributed by atoms with van der Waals surface area (Å²) in [6.07, 6.45) is -0.146. The summed E-state index contributed by atoms with van der Waals surface area (Å²) in [5.41, 5.74) is -1.40. The maximum absolute atomic E-state index is 12.0. The third-order valence-electron chi connectivity index (χ3n) is 2.94. The van der Waals surface area contributed by atoms with Crippen molar-refractivity contribution in [1.29, 1.82) is 0 Å². The zero-order valence-corrected chi connectivity index (χ0v) is 11.4. The Kier molecular flexibility index (Phi) is 4.21. The highest BCUT2D eigenvalue weighted by Gasteiger charge is 2.44. The number of rotatable bonds is 3. The zero-order chi connectivity index (χ0) is 14.0. The summed E-state index contributed by atoms with van der Waals surface area (Å²) in [5, 5.41) is 8.97. The van der Waals surface area contributed by atoms with Crippen LogP contribution in [0, 0.1) is 0 Å². The first-order valence-electron chi connectivity index (χ1n) is 5.93. The Morgan fingerprint density at radius 3 is 2.44 bits per heavy atom. The molecular weight excluding hydrogens is 238 g/mol. The van der Waals surface area contributed by atoms with Crippen molar-refractivity contribution in [3.63, 3.8) is 0 Å². The van der Waals surface area contributed by atoms with Gasteiger partial charge in [-0.1, -0.05) is 0 Å². The maximum atomic E-state index is 12.0. The molecule has 0 saturated carbocycles. The van der Waals surface area contributed by atoms with E-state index in [9.17, 15) is 9.59 Å². The number of carboxylic acids is 1. The highest BCUT2D eigenvalue weighted by atomic mass is 16.6. The fourth-order valence-electron chi connectivity index (χ4n) is 1.92. The van der Waals surface area contributed by atoms with Crippen LogP contribution in [0.2, 0.25) is 0 Å². The van der Waals surface area contributed by atoms with E-state index >= 15 is 0 Å². The zero-order valence-electron chi connectivity index (χ0n) is 11.4. The quantitative estimate of drug-likeness (QED) is 0.831. The summed E-state index contributed by atoms with van der Waals surface area (Å²) in [4.78, 5) is 24.3. The van der Waals surface area contributed by atoms with E-state index in [4.69, 9.17) is 14.6 Å². The van der Waals surface area contributed by atoms with Crippen molar-refractivity contribution in [2.24, 2.45) is 0 Å². The predicted octanol–water partition coefficient (Wildman–Crippen LogP) is 1.49. The Balaban J connectivity index is 2.80. The molecule has 0 aromatic heterocycles. The summed E-state index contributed by atoms with van der Waals surface area (Å²) in [6, 6.07) is 0. The van der Waals surface area contributed by atoms with Crippen LogP contribution in [0.4, 0.5) is 4.79 Å². The second-order valence-electron chi connectivity index (χ2n) is 5.64. The number of carbonyl (C=O) groups excluding carboxylic acids is 1. The molecule has 1 aliphatic rings. The van der Waals surface area contributed by atoms with Crippen LogP contribution in [0.5, 0.6) is 0 Å². The molecule has 6 nitrogen and oxygen atoms in total. The van der Waals surface area contributed by atoms with Gasteiger partial charge in [0.25, 0.3) is 0 Å². The molecule has 6 heteroatoms. The van der Waals surface area contributed by atoms with Gasteiger partial charge < -0.3 is 19.5 Å². The van der Waals surface area contributed by atoms with Crippen LogP contribution in [-0.4, -0.2) is 53.5 Å². The number of hydrogen-bond donors (Lipinski definition) is 1. The van der Waals surface area contributed by atoms with E-state index in [1.165, 1.54) is 4.90 Å². The van der Waals surface area contributed by atoms with E-state index in [2.05, 4.69) is 0 Å². The Hall–Kier alpha value is -1.30. The molecule has 0 radical (unpaired) electrons. The lowest BCUT2D eigenvalue weighted by Gasteiger charge is -2.37. The van der Waals surface area contributed by atoms with E-state index < -0.39 is 23.2 Å². The first-order valence-corrected chi connectivity index (χ1v) is 5.93. The Morgan fingerprint density at radius 2 is 2.06 bits per heavy atom. The van der Waals surface area contributed by atoms with Crippen molar-refractivity contribution >= 4 is 12.1 Å². The van der Waals surface area contributed by atoms with Crippen molar-refractivity contribution < 1.29 is 24.2 Å². The fraction of sp³-hybridized carbons (Fsp3) is 0.833. The van der Waals surface area contributed by atoms with E-state index in [1.807, 2.05) is 0 Å². The van der Waals surface area contributed by atoms with Crippen LogP contribution in [0.25, 0.3) is 0 Å². The lowest BCUT2D eigenvalue weighted by molar-refractivity contribution is -0.140. The normalized spacial score (nSPS) is 23.8. The number of carbonyl (C=O) groups is 2. The van der Waals surface area contributed by atoms with Gasteiger partial charge in [0.15, 0.2) is 0 Å². The monoisotopic (exact) mass is 259 g/mol. The molecule has 104 valence electrons. The number of likely N-dealkylation sites (N-methyl/N-ethyl adjacent to an activating group) is 1. The van der Waals surface area contributed by atoms with Gasteiger partial charge in [0.2, 0.25) is 0 Å². The summed E-state index contributed by atoms with van der Waals surface area (Å²) >= 11 is 0. The van der Waals surface area contributed by atoms with Crippen molar-refractivity contribution in [2.75, 3.05) is 20.3 Å². The minimum atomic E-state index is -0.948. The molecule has 1 heterocycles. The smallest absolute Gasteiger partial charge is 0.410 e. The van der Waals surface area contributed by atoms with Gasteiger partial charge >= 0.3 is 12.1 Å². The number of hydrogen-bond acceptors (Lipinski definition) is 4. The fourth-order valence-corrected chi connectivity index (χ4v) is 1.92. The standard InChI is InChI=1S/C12H21NO5/c1-11(2,3)18-10(16)13(4)12(7-9(14)15)5-6-17-8-12/h5-8H2,1-4H3,(H,14,15). The molecule has 1 saturated heterocycles. The molecule has 0 bridgehead atoms. The number of carboxylic acid groups (broad SMARTS) is 1. The van der Waals surface area contributed by atoms with Crippen LogP contribution in [0.15, 0.2) is 0 Å². The van der Waals surface area contributed by atoms with Crippen molar-refractivity contribution in [1.82, 2.24) is 4.90 Å². The molecule has 1 fully saturated rings. The molecule has 1 rings (SSSR count). The van der Waals surface area contributed by atoms with Crippen LogP contribution in [0.1, 0.15) is 33.6 Å². The largest absolute Gasteiger partial charge is 0.481 e. The SMILES string of the molecule is CN(C(=O)OC(C)(C)C)C1(CC(=O)O)CCOC1. The lowest BCUT2D eigenvalue weighted by atomic mass is 9.93. The number of nitrogens with zero attached hydrogens (tertiary/aromatic N) is 1. The van der Waals surface area contributed by atoms with Crippen molar-refractivity contribution in [3.8, 4) is 0 Å². The van der Waals surface area contributed by atoms with Crippen LogP contribution < -0.4 is 0 Å². The minimum absolute atomic E-state index is 0.136. The molecule has 1 atom stereocenters. The van der Waals surface area contributed by atoms with Crippen molar-refractivity contribution in [2.45, 2.75) is 44.8 Å². The maximum Gasteiger partial charge on any atom is 0.410 e. The molecular formula is C12H21NO5. The summed E-state index contributed by atoms with van der Waals surface area (Å²) in [5.74, 6) is -0.948. The summed E-state index contributed by atoms with van der Waals surface area (Å²) < 4.78 is 10.5. The van der Waals surface area contributed by atoms with Gasteiger partial charge in [-0.25, -0.2) is 4.79 Å². The third-order valence-corrected chi connectivity index (χ3v) is 2.94. The molecule has 1 amide bonds. The molecule has 1 N–H and O–H groups in total. The van der Waals surface area contributed by atoms with Crippen LogP contribution in [0.3, 0.4) is 0 Å². The second kappa shape index (κ2) is 5.14. The average molecular weight is 259 g/mol. The number of amides is 1. The Morgan fingerprint density at radius 1 is 1.44 bits per heavy atom. The lowest BCUT2D eigenvalue weighted by Crippen LogP contribution is -2.52. The molecule has 0 aromatic carbocycles. The predicted molar refractivity (Wildman–Crippen MR) is 64.4 cm³/mol. The molecule has 0 aliphatic carbocycles. The Labute approximate surface area is 107 Å². The highest BCUT2D eigenvalue weighted by molar-refractivity contribution is 5.73. The average Bonchev–Trinajstić information content (AvgIpc) is 2.62. The molecule has 0 spiro atoms. The van der Waals surface area contributed by atoms with E-state index in [1.54, 1.807) is 27.8 Å². The number of ether oxygens (including phenoxy) is 2. The van der Waals surface area contributed by atoms with Gasteiger partial charge in [0.1, 0.15) is 5.60 Å². The van der Waals surface area contributed by atoms with Crippen molar-refractivity contribution in [3.05, 3.63) is 0 Å². The third kappa shape index (κ3) is 3.60. The highest BCUT2D eigenvalue weighted by Crippen LogP contribution is 2.30. The van der Waals surface area contributed by atoms with E-state index in [0.717, 1.165) is 0 Å². The first-order chi connectivity index (χ1) is 8.16. The first kappa shape index (κ1) is 14.8. The summed E-state index contributed by atoms with van der Waals surface area (Å²) in [7, 11) is 1.56. The van der Waals surface area contributed by atoms with E-state index in [0.29, 0.717) is 13.0 Å². The van der Waals surface area contributed by atoms with E-state index in [-0.39, 0.29) is 13.0 Å². The van der Waals surface area contributed by atoms with Gasteiger partial charge in [-0.3, -0.25) is 4.79 Å².